The number of aliphatic hydroxyl groups excluding tert-OH is 1. The average molecular weight is 139 g/mol. The molecule has 0 spiro atoms. The third-order valence-electron chi connectivity index (χ3n) is 2.03. The van der Waals surface area contributed by atoms with Gasteiger partial charge in [-0.25, -0.2) is 0 Å². The third kappa shape index (κ3) is 1.31. The van der Waals surface area contributed by atoms with Crippen molar-refractivity contribution in [2.45, 2.75) is 13.0 Å². The molecule has 2 heteroatoms. The SMILES string of the molecule is C#C[C@@H]1CN(CC)C[C@H]1O. The van der Waals surface area contributed by atoms with Gasteiger partial charge in [0.25, 0.3) is 0 Å². The Kier molecular flexibility index (Phi) is 2.31. The zero-order valence-corrected chi connectivity index (χ0v) is 6.25. The highest BCUT2D eigenvalue weighted by Gasteiger charge is 2.28. The lowest BCUT2D eigenvalue weighted by Crippen LogP contribution is -2.21. The molecule has 1 aliphatic rings. The molecule has 1 heterocycles. The Morgan fingerprint density at radius 2 is 2.40 bits per heavy atom. The Hall–Kier alpha value is -0.520. The molecule has 0 aromatic rings. The molecule has 0 saturated carbocycles. The largest absolute Gasteiger partial charge is 0.390 e. The van der Waals surface area contributed by atoms with Crippen LogP contribution in [0, 0.1) is 18.3 Å². The van der Waals surface area contributed by atoms with E-state index in [0.717, 1.165) is 19.6 Å². The molecule has 0 aromatic carbocycles. The van der Waals surface area contributed by atoms with Crippen molar-refractivity contribution in [2.24, 2.45) is 5.92 Å². The molecular weight excluding hydrogens is 126 g/mol. The van der Waals surface area contributed by atoms with E-state index in [0.29, 0.717) is 0 Å². The molecule has 2 nitrogen and oxygen atoms in total. The molecule has 1 N–H and O–H groups in total. The maximum absolute atomic E-state index is 9.31. The molecular formula is C8H13NO. The summed E-state index contributed by atoms with van der Waals surface area (Å²) in [5.41, 5.74) is 0. The first-order chi connectivity index (χ1) is 4.77. The van der Waals surface area contributed by atoms with E-state index in [1.54, 1.807) is 0 Å². The molecule has 1 fully saturated rings. The number of β-amino-alcohol motifs (C(OH)–C–C–N with tert-alkyl or cyclic N) is 1. The Labute approximate surface area is 61.8 Å². The quantitative estimate of drug-likeness (QED) is 0.514. The minimum absolute atomic E-state index is 0.0555. The van der Waals surface area contributed by atoms with Crippen LogP contribution in [0.25, 0.3) is 0 Å². The van der Waals surface area contributed by atoms with Crippen molar-refractivity contribution >= 4 is 0 Å². The van der Waals surface area contributed by atoms with E-state index in [4.69, 9.17) is 6.42 Å². The van der Waals surface area contributed by atoms with Gasteiger partial charge in [-0.2, -0.15) is 0 Å². The van der Waals surface area contributed by atoms with E-state index in [2.05, 4.69) is 17.7 Å². The zero-order chi connectivity index (χ0) is 7.56. The molecule has 1 aliphatic heterocycles. The first kappa shape index (κ1) is 7.59. The van der Waals surface area contributed by atoms with Gasteiger partial charge >= 0.3 is 0 Å². The smallest absolute Gasteiger partial charge is 0.0816 e. The predicted octanol–water partition coefficient (Wildman–Crippen LogP) is -0.0678. The van der Waals surface area contributed by atoms with Gasteiger partial charge in [-0.15, -0.1) is 6.42 Å². The van der Waals surface area contributed by atoms with Gasteiger partial charge in [0.2, 0.25) is 0 Å². The number of nitrogens with zero attached hydrogens (tertiary/aromatic N) is 1. The number of hydrogen-bond acceptors (Lipinski definition) is 2. The summed E-state index contributed by atoms with van der Waals surface area (Å²) in [5.74, 6) is 2.64. The number of hydrogen-bond donors (Lipinski definition) is 1. The summed E-state index contributed by atoms with van der Waals surface area (Å²) < 4.78 is 0. The summed E-state index contributed by atoms with van der Waals surface area (Å²) >= 11 is 0. The normalized spacial score (nSPS) is 34.1. The van der Waals surface area contributed by atoms with Gasteiger partial charge in [0.05, 0.1) is 12.0 Å². The molecule has 2 atom stereocenters. The lowest BCUT2D eigenvalue weighted by Gasteiger charge is -2.09. The molecule has 0 aromatic heterocycles. The van der Waals surface area contributed by atoms with Crippen LogP contribution < -0.4 is 0 Å². The van der Waals surface area contributed by atoms with Crippen LogP contribution in [0.2, 0.25) is 0 Å². The molecule has 0 bridgehead atoms. The van der Waals surface area contributed by atoms with Crippen molar-refractivity contribution in [3.63, 3.8) is 0 Å². The van der Waals surface area contributed by atoms with Gasteiger partial charge in [0.1, 0.15) is 0 Å². The highest BCUT2D eigenvalue weighted by Crippen LogP contribution is 2.14. The maximum Gasteiger partial charge on any atom is 0.0816 e. The van der Waals surface area contributed by atoms with Crippen LogP contribution in [0.4, 0.5) is 0 Å². The van der Waals surface area contributed by atoms with Crippen LogP contribution in [-0.2, 0) is 0 Å². The second kappa shape index (κ2) is 3.05. The van der Waals surface area contributed by atoms with Crippen molar-refractivity contribution in [2.75, 3.05) is 19.6 Å². The van der Waals surface area contributed by atoms with Crippen molar-refractivity contribution in [3.8, 4) is 12.3 Å². The van der Waals surface area contributed by atoms with Gasteiger partial charge in [0, 0.05) is 13.1 Å². The van der Waals surface area contributed by atoms with E-state index in [1.807, 2.05) is 0 Å². The molecule has 56 valence electrons. The Morgan fingerprint density at radius 1 is 1.70 bits per heavy atom. The van der Waals surface area contributed by atoms with Gasteiger partial charge in [-0.1, -0.05) is 12.8 Å². The summed E-state index contributed by atoms with van der Waals surface area (Å²) in [7, 11) is 0. The van der Waals surface area contributed by atoms with Crippen molar-refractivity contribution in [1.29, 1.82) is 0 Å². The number of terminal acetylenes is 1. The highest BCUT2D eigenvalue weighted by molar-refractivity contribution is 5.02. The van der Waals surface area contributed by atoms with E-state index in [-0.39, 0.29) is 12.0 Å². The van der Waals surface area contributed by atoms with Gasteiger partial charge < -0.3 is 5.11 Å². The maximum atomic E-state index is 9.31. The second-order valence-corrected chi connectivity index (χ2v) is 2.69. The molecule has 0 amide bonds. The minimum Gasteiger partial charge on any atom is -0.390 e. The number of rotatable bonds is 1. The molecule has 1 rings (SSSR count). The van der Waals surface area contributed by atoms with E-state index in [1.165, 1.54) is 0 Å². The lowest BCUT2D eigenvalue weighted by atomic mass is 10.1. The Balaban J connectivity index is 2.46. The number of likely N-dealkylation sites (N-methyl/N-ethyl adjacent to an activating group) is 1. The van der Waals surface area contributed by atoms with E-state index in [9.17, 15) is 5.11 Å². The van der Waals surface area contributed by atoms with Crippen LogP contribution in [0.3, 0.4) is 0 Å². The molecule has 0 aliphatic carbocycles. The van der Waals surface area contributed by atoms with Crippen LogP contribution in [0.1, 0.15) is 6.92 Å². The van der Waals surface area contributed by atoms with Crippen LogP contribution in [0.15, 0.2) is 0 Å². The molecule has 0 unspecified atom stereocenters. The fourth-order valence-electron chi connectivity index (χ4n) is 1.29. The van der Waals surface area contributed by atoms with Crippen LogP contribution in [-0.4, -0.2) is 35.7 Å². The molecule has 0 radical (unpaired) electrons. The summed E-state index contributed by atoms with van der Waals surface area (Å²) in [4.78, 5) is 2.16. The second-order valence-electron chi connectivity index (χ2n) is 2.69. The zero-order valence-electron chi connectivity index (χ0n) is 6.25. The van der Waals surface area contributed by atoms with Gasteiger partial charge in [-0.3, -0.25) is 4.90 Å². The fraction of sp³-hybridized carbons (Fsp3) is 0.750. The lowest BCUT2D eigenvalue weighted by molar-refractivity contribution is 0.160. The first-order valence-corrected chi connectivity index (χ1v) is 3.64. The highest BCUT2D eigenvalue weighted by atomic mass is 16.3. The topological polar surface area (TPSA) is 23.5 Å². The average Bonchev–Trinajstić information content (AvgIpc) is 2.30. The Bertz CT molecular complexity index is 150. The molecule has 10 heavy (non-hydrogen) atoms. The van der Waals surface area contributed by atoms with Crippen molar-refractivity contribution in [1.82, 2.24) is 4.90 Å². The van der Waals surface area contributed by atoms with E-state index >= 15 is 0 Å². The van der Waals surface area contributed by atoms with E-state index < -0.39 is 0 Å². The summed E-state index contributed by atoms with van der Waals surface area (Å²) in [6, 6.07) is 0. The summed E-state index contributed by atoms with van der Waals surface area (Å²) in [6.07, 6.45) is 4.90. The van der Waals surface area contributed by atoms with Crippen molar-refractivity contribution in [3.05, 3.63) is 0 Å². The first-order valence-electron chi connectivity index (χ1n) is 3.64. The summed E-state index contributed by atoms with van der Waals surface area (Å²) in [5, 5.41) is 9.31. The summed E-state index contributed by atoms with van der Waals surface area (Å²) in [6.45, 7) is 4.65. The Morgan fingerprint density at radius 3 is 2.70 bits per heavy atom. The third-order valence-corrected chi connectivity index (χ3v) is 2.03. The molecule has 1 saturated heterocycles. The van der Waals surface area contributed by atoms with Crippen molar-refractivity contribution < 1.29 is 5.11 Å². The standard InChI is InChI=1S/C8H13NO/c1-3-7-5-9(4-2)6-8(7)10/h1,7-8,10H,4-6H2,2H3/t7-,8-/m1/s1. The monoisotopic (exact) mass is 139 g/mol. The van der Waals surface area contributed by atoms with Crippen LogP contribution >= 0.6 is 0 Å². The predicted molar refractivity (Wildman–Crippen MR) is 40.4 cm³/mol. The van der Waals surface area contributed by atoms with Gasteiger partial charge in [0.15, 0.2) is 0 Å². The minimum atomic E-state index is -0.301. The number of likely N-dealkylation sites (tertiary alicyclic amines) is 1. The fourth-order valence-corrected chi connectivity index (χ4v) is 1.29. The number of aliphatic hydroxyl groups is 1. The van der Waals surface area contributed by atoms with Crippen LogP contribution in [0.5, 0.6) is 0 Å². The van der Waals surface area contributed by atoms with Gasteiger partial charge in [-0.05, 0) is 6.54 Å².